The van der Waals surface area contributed by atoms with Gasteiger partial charge in [-0.05, 0) is 30.4 Å². The minimum Gasteiger partial charge on any atom is -0.310 e. The maximum Gasteiger partial charge on any atom is 0.0896 e. The lowest BCUT2D eigenvalue weighted by molar-refractivity contribution is 0.436. The lowest BCUT2D eigenvalue weighted by Crippen LogP contribution is -2.52. The quantitative estimate of drug-likeness (QED) is 0.488. The summed E-state index contributed by atoms with van der Waals surface area (Å²) in [5.41, 5.74) is 12.6. The zero-order chi connectivity index (χ0) is 7.78. The van der Waals surface area contributed by atoms with Crippen molar-refractivity contribution >= 4 is 0 Å². The van der Waals surface area contributed by atoms with E-state index in [4.69, 9.17) is 11.5 Å². The van der Waals surface area contributed by atoms with Crippen molar-refractivity contribution < 1.29 is 0 Å². The Balaban J connectivity index is 2.79. The summed E-state index contributed by atoms with van der Waals surface area (Å²) >= 11 is 0. The van der Waals surface area contributed by atoms with Gasteiger partial charge in [-0.2, -0.15) is 0 Å². The maximum absolute atomic E-state index is 5.73. The van der Waals surface area contributed by atoms with Crippen LogP contribution in [0, 0.1) is 0 Å². The highest BCUT2D eigenvalue weighted by Gasteiger charge is 2.28. The highest BCUT2D eigenvalue weighted by atomic mass is 15.0. The fourth-order valence-electron chi connectivity index (χ4n) is 1.23. The zero-order valence-corrected chi connectivity index (χ0v) is 6.19. The minimum absolute atomic E-state index is 0.685. The predicted molar refractivity (Wildman–Crippen MR) is 43.2 cm³/mol. The second-order valence-corrected chi connectivity index (χ2v) is 2.98. The molecule has 1 aliphatic carbocycles. The van der Waals surface area contributed by atoms with Crippen molar-refractivity contribution in [3.8, 4) is 0 Å². The normalized spacial score (nSPS) is 25.0. The van der Waals surface area contributed by atoms with E-state index in [-0.39, 0.29) is 0 Å². The van der Waals surface area contributed by atoms with Crippen molar-refractivity contribution in [2.45, 2.75) is 24.9 Å². The summed E-state index contributed by atoms with van der Waals surface area (Å²) in [6, 6.07) is 0. The molecular formula is C8H14N2. The Labute approximate surface area is 61.6 Å². The van der Waals surface area contributed by atoms with Crippen molar-refractivity contribution in [1.29, 1.82) is 0 Å². The number of nitrogens with two attached hydrogens (primary N) is 2. The largest absolute Gasteiger partial charge is 0.310 e. The van der Waals surface area contributed by atoms with Crippen molar-refractivity contribution in [2.75, 3.05) is 0 Å². The third-order valence-corrected chi connectivity index (χ3v) is 2.06. The zero-order valence-electron chi connectivity index (χ0n) is 6.19. The maximum atomic E-state index is 5.73. The third-order valence-electron chi connectivity index (χ3n) is 2.06. The Hall–Kier alpha value is -0.600. The summed E-state index contributed by atoms with van der Waals surface area (Å²) in [6.07, 6.45) is 2.85. The SMILES string of the molecule is C=C1CCCC(N)(N)C1=C. The first-order valence-corrected chi connectivity index (χ1v) is 3.49. The summed E-state index contributed by atoms with van der Waals surface area (Å²) in [5, 5.41) is 0. The van der Waals surface area contributed by atoms with Gasteiger partial charge in [0.2, 0.25) is 0 Å². The third kappa shape index (κ3) is 1.13. The lowest BCUT2D eigenvalue weighted by atomic mass is 9.83. The molecule has 2 heteroatoms. The second kappa shape index (κ2) is 2.22. The van der Waals surface area contributed by atoms with Gasteiger partial charge in [0.05, 0.1) is 5.66 Å². The van der Waals surface area contributed by atoms with Crippen molar-refractivity contribution in [3.05, 3.63) is 24.3 Å². The fourth-order valence-corrected chi connectivity index (χ4v) is 1.23. The molecule has 1 aliphatic rings. The summed E-state index contributed by atoms with van der Waals surface area (Å²) in [5.74, 6) is 0. The van der Waals surface area contributed by atoms with Crippen molar-refractivity contribution in [3.63, 3.8) is 0 Å². The van der Waals surface area contributed by atoms with Gasteiger partial charge in [0.15, 0.2) is 0 Å². The molecule has 0 heterocycles. The smallest absolute Gasteiger partial charge is 0.0896 e. The average molecular weight is 138 g/mol. The predicted octanol–water partition coefficient (Wildman–Crippen LogP) is 0.896. The summed E-state index contributed by atoms with van der Waals surface area (Å²) in [6.45, 7) is 7.63. The Morgan fingerprint density at radius 2 is 1.90 bits per heavy atom. The van der Waals surface area contributed by atoms with Gasteiger partial charge in [0.1, 0.15) is 0 Å². The van der Waals surface area contributed by atoms with Crippen LogP contribution in [0.4, 0.5) is 0 Å². The molecule has 2 nitrogen and oxygen atoms in total. The minimum atomic E-state index is -0.685. The summed E-state index contributed by atoms with van der Waals surface area (Å²) in [4.78, 5) is 0. The van der Waals surface area contributed by atoms with Crippen LogP contribution in [-0.2, 0) is 0 Å². The molecule has 4 N–H and O–H groups in total. The molecule has 0 aliphatic heterocycles. The molecule has 10 heavy (non-hydrogen) atoms. The van der Waals surface area contributed by atoms with Crippen LogP contribution < -0.4 is 11.5 Å². The molecule has 0 unspecified atom stereocenters. The topological polar surface area (TPSA) is 52.0 Å². The van der Waals surface area contributed by atoms with Crippen LogP contribution in [0.25, 0.3) is 0 Å². The molecule has 0 radical (unpaired) electrons. The van der Waals surface area contributed by atoms with E-state index in [0.717, 1.165) is 30.4 Å². The lowest BCUT2D eigenvalue weighted by Gasteiger charge is -2.32. The molecule has 0 bridgehead atoms. The van der Waals surface area contributed by atoms with E-state index in [2.05, 4.69) is 13.2 Å². The van der Waals surface area contributed by atoms with E-state index in [1.165, 1.54) is 0 Å². The highest BCUT2D eigenvalue weighted by molar-refractivity contribution is 5.36. The van der Waals surface area contributed by atoms with E-state index in [9.17, 15) is 0 Å². The number of hydrogen-bond acceptors (Lipinski definition) is 2. The van der Waals surface area contributed by atoms with Gasteiger partial charge in [-0.15, -0.1) is 0 Å². The molecule has 0 saturated heterocycles. The molecule has 56 valence electrons. The van der Waals surface area contributed by atoms with E-state index in [1.807, 2.05) is 0 Å². The average Bonchev–Trinajstić information content (AvgIpc) is 1.83. The Morgan fingerprint density at radius 1 is 1.30 bits per heavy atom. The van der Waals surface area contributed by atoms with Crippen LogP contribution in [0.2, 0.25) is 0 Å². The van der Waals surface area contributed by atoms with Gasteiger partial charge in [-0.3, -0.25) is 0 Å². The Bertz CT molecular complexity index is 180. The van der Waals surface area contributed by atoms with Gasteiger partial charge in [-0.25, -0.2) is 0 Å². The van der Waals surface area contributed by atoms with Gasteiger partial charge < -0.3 is 11.5 Å². The molecule has 0 aromatic carbocycles. The first kappa shape index (κ1) is 7.51. The standard InChI is InChI=1S/C8H14N2/c1-6-4-3-5-8(9,10)7(6)2/h1-5,9-10H2. The molecule has 0 spiro atoms. The van der Waals surface area contributed by atoms with E-state index in [0.29, 0.717) is 0 Å². The van der Waals surface area contributed by atoms with Gasteiger partial charge in [0.25, 0.3) is 0 Å². The van der Waals surface area contributed by atoms with E-state index < -0.39 is 5.66 Å². The Kier molecular flexibility index (Phi) is 1.67. The Morgan fingerprint density at radius 3 is 2.30 bits per heavy atom. The van der Waals surface area contributed by atoms with Crippen LogP contribution in [0.5, 0.6) is 0 Å². The van der Waals surface area contributed by atoms with Crippen LogP contribution in [0.15, 0.2) is 24.3 Å². The molecule has 0 aromatic heterocycles. The first-order valence-electron chi connectivity index (χ1n) is 3.49. The van der Waals surface area contributed by atoms with E-state index in [1.54, 1.807) is 0 Å². The fraction of sp³-hybridized carbons (Fsp3) is 0.500. The van der Waals surface area contributed by atoms with Crippen molar-refractivity contribution in [2.24, 2.45) is 11.5 Å². The van der Waals surface area contributed by atoms with Crippen LogP contribution >= 0.6 is 0 Å². The van der Waals surface area contributed by atoms with Gasteiger partial charge in [0, 0.05) is 0 Å². The van der Waals surface area contributed by atoms with Gasteiger partial charge in [-0.1, -0.05) is 13.2 Å². The van der Waals surface area contributed by atoms with Crippen LogP contribution in [0.3, 0.4) is 0 Å². The first-order chi connectivity index (χ1) is 4.54. The molecule has 0 aromatic rings. The number of rotatable bonds is 0. The summed E-state index contributed by atoms with van der Waals surface area (Å²) < 4.78 is 0. The van der Waals surface area contributed by atoms with Crippen LogP contribution in [0.1, 0.15) is 19.3 Å². The molecular weight excluding hydrogens is 124 g/mol. The monoisotopic (exact) mass is 138 g/mol. The van der Waals surface area contributed by atoms with E-state index >= 15 is 0 Å². The van der Waals surface area contributed by atoms with Crippen LogP contribution in [-0.4, -0.2) is 5.66 Å². The molecule has 0 amide bonds. The molecule has 1 rings (SSSR count). The molecule has 0 atom stereocenters. The number of hydrogen-bond donors (Lipinski definition) is 2. The summed E-state index contributed by atoms with van der Waals surface area (Å²) in [7, 11) is 0. The van der Waals surface area contributed by atoms with Gasteiger partial charge >= 0.3 is 0 Å². The highest BCUT2D eigenvalue weighted by Crippen LogP contribution is 2.29. The second-order valence-electron chi connectivity index (χ2n) is 2.98. The van der Waals surface area contributed by atoms with Crippen molar-refractivity contribution in [1.82, 2.24) is 0 Å². The molecule has 1 fully saturated rings. The molecule has 1 saturated carbocycles.